The molecule has 4 fully saturated rings. The molecule has 1 amide bonds. The zero-order chi connectivity index (χ0) is 43.4. The molecule has 1 aromatic carbocycles. The number of fused-ring (bicyclic) bond motifs is 1. The van der Waals surface area contributed by atoms with Crippen molar-refractivity contribution in [1.29, 1.82) is 0 Å². The summed E-state index contributed by atoms with van der Waals surface area (Å²) in [5, 5.41) is 54.3. The molecule has 6 aliphatic rings. The van der Waals surface area contributed by atoms with Gasteiger partial charge in [0.15, 0.2) is 11.5 Å². The van der Waals surface area contributed by atoms with Crippen molar-refractivity contribution >= 4 is 39.4 Å². The van der Waals surface area contributed by atoms with Crippen LogP contribution in [-0.2, 0) is 23.9 Å². The van der Waals surface area contributed by atoms with E-state index in [0.717, 1.165) is 43.2 Å². The van der Waals surface area contributed by atoms with Gasteiger partial charge in [-0.1, -0.05) is 40.5 Å². The monoisotopic (exact) mass is 889 g/mol. The van der Waals surface area contributed by atoms with Crippen LogP contribution in [0.3, 0.4) is 0 Å². The van der Waals surface area contributed by atoms with Gasteiger partial charge in [0, 0.05) is 60.8 Å². The Labute approximate surface area is 369 Å². The van der Waals surface area contributed by atoms with Crippen molar-refractivity contribution in [3.63, 3.8) is 0 Å². The average molecular weight is 890 g/mol. The van der Waals surface area contributed by atoms with Crippen molar-refractivity contribution in [3.05, 3.63) is 23.3 Å². The number of phenolic OH excluding ortho intramolecular Hbond substituents is 1. The highest BCUT2D eigenvalue weighted by molar-refractivity contribution is 8.76. The van der Waals surface area contributed by atoms with E-state index < -0.39 is 46.8 Å². The molecule has 4 heterocycles. The molecule has 1 aromatic rings. The SMILES string of the molecule is CNC1CSSCC(C)(O)CCC(C(CC(OC(=O)C23CCCCC2CCC(=O)N3)C2(C3CCC4c5c3ccc(O)c5OCC4CCO)CCNCC2)OC(C)=O)CCC1O. The molecule has 0 bridgehead atoms. The predicted molar refractivity (Wildman–Crippen MR) is 237 cm³/mol. The third-order valence-corrected chi connectivity index (χ3v) is 18.2. The molecule has 2 aliphatic carbocycles. The molecule has 0 radical (unpaired) electrons. The molecule has 4 aliphatic heterocycles. The van der Waals surface area contributed by atoms with Crippen LogP contribution in [0.25, 0.3) is 0 Å². The van der Waals surface area contributed by atoms with E-state index in [9.17, 15) is 30.0 Å². The summed E-state index contributed by atoms with van der Waals surface area (Å²) in [6.07, 6.45) is 7.78. The minimum Gasteiger partial charge on any atom is -0.504 e. The fraction of sp³-hybridized carbons (Fsp3) is 0.804. The molecule has 61 heavy (non-hydrogen) atoms. The first-order chi connectivity index (χ1) is 29.3. The quantitative estimate of drug-likeness (QED) is 0.109. The zero-order valence-electron chi connectivity index (χ0n) is 36.5. The van der Waals surface area contributed by atoms with Crippen molar-refractivity contribution in [2.45, 2.75) is 164 Å². The summed E-state index contributed by atoms with van der Waals surface area (Å²) in [5.41, 5.74) is -0.702. The number of ether oxygens (including phenoxy) is 3. The molecule has 7 N–H and O–H groups in total. The van der Waals surface area contributed by atoms with Crippen LogP contribution < -0.4 is 20.7 Å². The Hall–Kier alpha value is -2.27. The lowest BCUT2D eigenvalue weighted by Gasteiger charge is -2.54. The summed E-state index contributed by atoms with van der Waals surface area (Å²) in [4.78, 5) is 41.7. The van der Waals surface area contributed by atoms with E-state index >= 15 is 4.79 Å². The van der Waals surface area contributed by atoms with E-state index in [1.54, 1.807) is 27.7 Å². The van der Waals surface area contributed by atoms with Gasteiger partial charge in [0.2, 0.25) is 5.91 Å². The number of amides is 1. The summed E-state index contributed by atoms with van der Waals surface area (Å²) < 4.78 is 19.8. The van der Waals surface area contributed by atoms with Gasteiger partial charge >= 0.3 is 11.9 Å². The molecule has 13 nitrogen and oxygen atoms in total. The van der Waals surface area contributed by atoms with Gasteiger partial charge in [0.05, 0.1) is 18.3 Å². The van der Waals surface area contributed by atoms with Crippen molar-refractivity contribution < 1.29 is 49.0 Å². The maximum Gasteiger partial charge on any atom is 0.332 e. The Bertz CT molecular complexity index is 1690. The first kappa shape index (κ1) is 46.7. The second-order valence-corrected chi connectivity index (χ2v) is 21.9. The first-order valence-electron chi connectivity index (χ1n) is 23.1. The number of aliphatic hydroxyl groups excluding tert-OH is 2. The van der Waals surface area contributed by atoms with Crippen LogP contribution in [0.15, 0.2) is 12.1 Å². The van der Waals surface area contributed by atoms with E-state index in [-0.39, 0.29) is 60.3 Å². The van der Waals surface area contributed by atoms with Gasteiger partial charge in [0.25, 0.3) is 0 Å². The standard InChI is InChI=1S/C46H71N3O10S2/c1-28(51)58-38(29-7-12-36(52)35(47-3)26-60-61-27-44(2,56)18-15-29)24-39(59-43(55)46-17-5-4-6-31(46)8-14-40(54)49-46)45(19-21-48-22-20-45)34-11-9-32-30(16-23-50)25-57-42-37(53)13-10-33(34)41(32)42/h10,13,29-32,34-36,38-39,47-48,50,52-53,56H,4-9,11-12,14-27H2,1-3H3,(H,49,54). The molecule has 0 spiro atoms. The maximum absolute atomic E-state index is 15.3. The lowest BCUT2D eigenvalue weighted by atomic mass is 9.56. The maximum atomic E-state index is 15.3. The molecule has 11 atom stereocenters. The normalized spacial score (nSPS) is 35.3. The highest BCUT2D eigenvalue weighted by Crippen LogP contribution is 2.60. The molecular weight excluding hydrogens is 819 g/mol. The third kappa shape index (κ3) is 10.2. The van der Waals surface area contributed by atoms with E-state index in [1.807, 2.05) is 20.0 Å². The summed E-state index contributed by atoms with van der Waals surface area (Å²) >= 11 is 0. The van der Waals surface area contributed by atoms with E-state index in [1.165, 1.54) is 6.92 Å². The number of hydrogen-bond acceptors (Lipinski definition) is 14. The fourth-order valence-corrected chi connectivity index (χ4v) is 15.0. The molecule has 0 aromatic heterocycles. The van der Waals surface area contributed by atoms with E-state index in [4.69, 9.17) is 14.2 Å². The Balaban J connectivity index is 1.32. The Morgan fingerprint density at radius 3 is 2.57 bits per heavy atom. The topological polar surface area (TPSA) is 196 Å². The molecule has 342 valence electrons. The number of rotatable bonds is 11. The number of piperidine rings is 2. The van der Waals surface area contributed by atoms with Crippen molar-refractivity contribution in [2.75, 3.05) is 44.9 Å². The van der Waals surface area contributed by atoms with Crippen molar-refractivity contribution in [3.8, 4) is 11.5 Å². The number of nitrogens with one attached hydrogen (secondary N) is 3. The first-order valence-corrected chi connectivity index (χ1v) is 25.6. The highest BCUT2D eigenvalue weighted by atomic mass is 33.1. The highest BCUT2D eigenvalue weighted by Gasteiger charge is 2.57. The fourth-order valence-electron chi connectivity index (χ4n) is 12.2. The number of aromatic hydroxyl groups is 1. The molecule has 11 unspecified atom stereocenters. The van der Waals surface area contributed by atoms with Crippen molar-refractivity contribution in [1.82, 2.24) is 16.0 Å². The number of benzene rings is 1. The molecule has 1 saturated carbocycles. The van der Waals surface area contributed by atoms with Gasteiger partial charge in [-0.05, 0) is 139 Å². The number of carbonyl (C=O) groups is 3. The van der Waals surface area contributed by atoms with Gasteiger partial charge < -0.3 is 50.6 Å². The summed E-state index contributed by atoms with van der Waals surface area (Å²) in [5.74, 6) is 0.545. The average Bonchev–Trinajstić information content (AvgIpc) is 3.24. The number of phenols is 1. The van der Waals surface area contributed by atoms with Gasteiger partial charge in [-0.2, -0.15) is 0 Å². The van der Waals surface area contributed by atoms with Gasteiger partial charge in [0.1, 0.15) is 17.7 Å². The Kier molecular flexibility index (Phi) is 15.5. The Morgan fingerprint density at radius 1 is 1.02 bits per heavy atom. The predicted octanol–water partition coefficient (Wildman–Crippen LogP) is 5.46. The summed E-state index contributed by atoms with van der Waals surface area (Å²) in [6.45, 7) is 5.09. The lowest BCUT2D eigenvalue weighted by molar-refractivity contribution is -0.182. The second kappa shape index (κ2) is 20.3. The number of esters is 2. The van der Waals surface area contributed by atoms with Crippen LogP contribution in [0.2, 0.25) is 0 Å². The summed E-state index contributed by atoms with van der Waals surface area (Å²) in [7, 11) is 5.08. The van der Waals surface area contributed by atoms with Crippen LogP contribution >= 0.6 is 21.6 Å². The minimum atomic E-state index is -1.13. The molecule has 7 rings (SSSR count). The number of hydrogen-bond donors (Lipinski definition) is 7. The second-order valence-electron chi connectivity index (χ2n) is 19.4. The van der Waals surface area contributed by atoms with Gasteiger partial charge in [-0.15, -0.1) is 0 Å². The minimum absolute atomic E-state index is 0.0355. The number of likely N-dealkylation sites (N-methyl/N-ethyl adjacent to an activating group) is 1. The molecule has 3 saturated heterocycles. The van der Waals surface area contributed by atoms with Crippen LogP contribution in [0.1, 0.15) is 140 Å². The molecule has 15 heteroatoms. The summed E-state index contributed by atoms with van der Waals surface area (Å²) in [6, 6.07) is 3.57. The van der Waals surface area contributed by atoms with Gasteiger partial charge in [-0.25, -0.2) is 4.79 Å². The zero-order valence-corrected chi connectivity index (χ0v) is 38.1. The van der Waals surface area contributed by atoms with Crippen LogP contribution in [-0.4, -0.2) is 119 Å². The van der Waals surface area contributed by atoms with Gasteiger partial charge in [-0.3, -0.25) is 9.59 Å². The van der Waals surface area contributed by atoms with Crippen molar-refractivity contribution in [2.24, 2.45) is 23.2 Å². The largest absolute Gasteiger partial charge is 0.504 e. The van der Waals surface area contributed by atoms with E-state index in [0.29, 0.717) is 101 Å². The third-order valence-electron chi connectivity index (χ3n) is 15.6. The lowest BCUT2D eigenvalue weighted by Crippen LogP contribution is -2.65. The van der Waals surface area contributed by atoms with Crippen LogP contribution in [0, 0.1) is 23.2 Å². The van der Waals surface area contributed by atoms with Crippen LogP contribution in [0.4, 0.5) is 0 Å². The van der Waals surface area contributed by atoms with E-state index in [2.05, 4.69) is 16.0 Å². The number of aliphatic hydroxyl groups is 3. The Morgan fingerprint density at radius 2 is 1.82 bits per heavy atom. The molecular formula is C46H71N3O10S2. The number of carbonyl (C=O) groups excluding carboxylic acids is 3. The van der Waals surface area contributed by atoms with Crippen LogP contribution in [0.5, 0.6) is 11.5 Å². The smallest absolute Gasteiger partial charge is 0.332 e.